The van der Waals surface area contributed by atoms with Crippen molar-refractivity contribution in [2.24, 2.45) is 22.7 Å². The Labute approximate surface area is 170 Å². The fourth-order valence-electron chi connectivity index (χ4n) is 5.36. The molecule has 7 heteroatoms. The average Bonchev–Trinajstić information content (AvgIpc) is 2.99. The van der Waals surface area contributed by atoms with Crippen molar-refractivity contribution in [2.45, 2.75) is 58.7 Å². The molecule has 1 aromatic rings. The number of rotatable bonds is 7. The molecule has 160 valence electrons. The Bertz CT molecular complexity index is 767. The number of aliphatic hydroxyl groups is 2. The summed E-state index contributed by atoms with van der Waals surface area (Å²) in [6.07, 6.45) is 1.52. The van der Waals surface area contributed by atoms with E-state index in [0.29, 0.717) is 5.56 Å². The third kappa shape index (κ3) is 3.90. The van der Waals surface area contributed by atoms with Gasteiger partial charge in [0, 0.05) is 13.0 Å². The molecule has 5 unspecified atom stereocenters. The number of hydrogen-bond acceptors (Lipinski definition) is 4. The largest absolute Gasteiger partial charge is 0.394 e. The second-order valence-corrected chi connectivity index (χ2v) is 9.24. The molecular weight excluding hydrogens is 375 g/mol. The number of carbonyl (C=O) groups is 2. The molecule has 0 aromatic heterocycles. The van der Waals surface area contributed by atoms with Gasteiger partial charge in [0.15, 0.2) is 0 Å². The lowest BCUT2D eigenvalue weighted by Gasteiger charge is -2.37. The second kappa shape index (κ2) is 8.03. The van der Waals surface area contributed by atoms with Gasteiger partial charge in [-0.3, -0.25) is 9.59 Å². The molecule has 5 atom stereocenters. The zero-order valence-corrected chi connectivity index (χ0v) is 17.2. The molecule has 2 bridgehead atoms. The first kappa shape index (κ1) is 21.7. The van der Waals surface area contributed by atoms with E-state index in [0.717, 1.165) is 12.8 Å². The summed E-state index contributed by atoms with van der Waals surface area (Å²) in [5.74, 6) is -1.11. The fraction of sp³-hybridized carbons (Fsp3) is 0.636. The number of fused-ring (bicyclic) bond motifs is 2. The molecule has 4 N–H and O–H groups in total. The molecule has 3 rings (SSSR count). The van der Waals surface area contributed by atoms with Gasteiger partial charge in [0.1, 0.15) is 11.9 Å². The summed E-state index contributed by atoms with van der Waals surface area (Å²) >= 11 is 0. The van der Waals surface area contributed by atoms with Crippen LogP contribution in [0.3, 0.4) is 0 Å². The van der Waals surface area contributed by atoms with E-state index in [1.807, 2.05) is 0 Å². The van der Waals surface area contributed by atoms with Crippen molar-refractivity contribution in [3.63, 3.8) is 0 Å². The van der Waals surface area contributed by atoms with Crippen molar-refractivity contribution in [1.29, 1.82) is 0 Å². The number of amides is 2. The molecule has 2 aliphatic rings. The number of aliphatic hydroxyl groups excluding tert-OH is 2. The maximum absolute atomic E-state index is 12.9. The van der Waals surface area contributed by atoms with E-state index in [-0.39, 0.29) is 47.4 Å². The first-order chi connectivity index (χ1) is 13.6. The molecule has 6 nitrogen and oxygen atoms in total. The van der Waals surface area contributed by atoms with Gasteiger partial charge in [0.25, 0.3) is 0 Å². The van der Waals surface area contributed by atoms with E-state index in [2.05, 4.69) is 31.4 Å². The highest BCUT2D eigenvalue weighted by Crippen LogP contribution is 2.68. The molecule has 29 heavy (non-hydrogen) atoms. The van der Waals surface area contributed by atoms with E-state index in [9.17, 15) is 24.2 Å². The third-order valence-electron chi connectivity index (χ3n) is 7.58. The molecule has 2 amide bonds. The van der Waals surface area contributed by atoms with Crippen LogP contribution in [0.5, 0.6) is 0 Å². The minimum absolute atomic E-state index is 0.0414. The summed E-state index contributed by atoms with van der Waals surface area (Å²) in [7, 11) is 0. The summed E-state index contributed by atoms with van der Waals surface area (Å²) in [6.45, 7) is 6.05. The Morgan fingerprint density at radius 3 is 2.45 bits per heavy atom. The standard InChI is InChI=1S/C22H31FN2O4/c1-21(2)16-8-9-22(21,3)19(28)15(16)10-18(27)25-17(12-26)20(29)24-11-13-4-6-14(23)7-5-13/h4-7,15-17,19,26,28H,8-12H2,1-3H3,(H,24,29)(H,25,27). The van der Waals surface area contributed by atoms with Crippen LogP contribution in [0.15, 0.2) is 24.3 Å². The Morgan fingerprint density at radius 1 is 1.24 bits per heavy atom. The molecule has 2 aliphatic carbocycles. The molecule has 0 saturated heterocycles. The van der Waals surface area contributed by atoms with Crippen molar-refractivity contribution < 1.29 is 24.2 Å². The number of carbonyl (C=O) groups excluding carboxylic acids is 2. The van der Waals surface area contributed by atoms with E-state index >= 15 is 0 Å². The smallest absolute Gasteiger partial charge is 0.245 e. The van der Waals surface area contributed by atoms with Crippen LogP contribution in [0.25, 0.3) is 0 Å². The van der Waals surface area contributed by atoms with Crippen LogP contribution < -0.4 is 10.6 Å². The van der Waals surface area contributed by atoms with Gasteiger partial charge in [-0.25, -0.2) is 4.39 Å². The van der Waals surface area contributed by atoms with Gasteiger partial charge in [-0.05, 0) is 53.2 Å². The lowest BCUT2D eigenvalue weighted by molar-refractivity contribution is -0.131. The van der Waals surface area contributed by atoms with Crippen molar-refractivity contribution in [1.82, 2.24) is 10.6 Å². The van der Waals surface area contributed by atoms with E-state index < -0.39 is 24.7 Å². The fourth-order valence-corrected chi connectivity index (χ4v) is 5.36. The van der Waals surface area contributed by atoms with Crippen LogP contribution in [-0.2, 0) is 16.1 Å². The molecular formula is C22H31FN2O4. The van der Waals surface area contributed by atoms with Crippen molar-refractivity contribution in [2.75, 3.05) is 6.61 Å². The molecule has 0 aliphatic heterocycles. The Kier molecular flexibility index (Phi) is 6.01. The SMILES string of the molecule is CC1(C)C2CCC1(C)C(O)C2CC(=O)NC(CO)C(=O)NCc1ccc(F)cc1. The van der Waals surface area contributed by atoms with Crippen molar-refractivity contribution >= 4 is 11.8 Å². The first-order valence-electron chi connectivity index (χ1n) is 10.2. The topological polar surface area (TPSA) is 98.7 Å². The average molecular weight is 406 g/mol. The molecule has 0 radical (unpaired) electrons. The minimum Gasteiger partial charge on any atom is -0.394 e. The minimum atomic E-state index is -1.07. The third-order valence-corrected chi connectivity index (χ3v) is 7.58. The number of hydrogen-bond donors (Lipinski definition) is 4. The van der Waals surface area contributed by atoms with Gasteiger partial charge < -0.3 is 20.8 Å². The number of benzene rings is 1. The van der Waals surface area contributed by atoms with E-state index in [1.54, 1.807) is 12.1 Å². The monoisotopic (exact) mass is 406 g/mol. The van der Waals surface area contributed by atoms with Gasteiger partial charge >= 0.3 is 0 Å². The lowest BCUT2D eigenvalue weighted by Crippen LogP contribution is -2.49. The summed E-state index contributed by atoms with van der Waals surface area (Å²) in [6, 6.07) is 4.65. The Balaban J connectivity index is 1.55. The maximum Gasteiger partial charge on any atom is 0.245 e. The normalized spacial score (nSPS) is 30.8. The van der Waals surface area contributed by atoms with Crippen LogP contribution >= 0.6 is 0 Å². The van der Waals surface area contributed by atoms with Crippen LogP contribution in [0, 0.1) is 28.5 Å². The Hall–Kier alpha value is -1.99. The predicted octanol–water partition coefficient (Wildman–Crippen LogP) is 1.74. The van der Waals surface area contributed by atoms with Gasteiger partial charge in [-0.15, -0.1) is 0 Å². The summed E-state index contributed by atoms with van der Waals surface area (Å²) in [5, 5.41) is 25.6. The number of halogens is 1. The highest BCUT2D eigenvalue weighted by molar-refractivity contribution is 5.87. The quantitative estimate of drug-likeness (QED) is 0.554. The zero-order valence-electron chi connectivity index (χ0n) is 17.2. The highest BCUT2D eigenvalue weighted by atomic mass is 19.1. The van der Waals surface area contributed by atoms with Crippen LogP contribution in [0.4, 0.5) is 4.39 Å². The summed E-state index contributed by atoms with van der Waals surface area (Å²) < 4.78 is 12.9. The second-order valence-electron chi connectivity index (χ2n) is 9.24. The van der Waals surface area contributed by atoms with Crippen LogP contribution in [-0.4, -0.2) is 40.8 Å². The summed E-state index contributed by atoms with van der Waals surface area (Å²) in [4.78, 5) is 24.9. The number of nitrogens with one attached hydrogen (secondary N) is 2. The molecule has 1 aromatic carbocycles. The van der Waals surface area contributed by atoms with Gasteiger partial charge in [0.05, 0.1) is 12.7 Å². The van der Waals surface area contributed by atoms with Gasteiger partial charge in [0.2, 0.25) is 11.8 Å². The Morgan fingerprint density at radius 2 is 1.90 bits per heavy atom. The molecule has 2 fully saturated rings. The predicted molar refractivity (Wildman–Crippen MR) is 106 cm³/mol. The molecule has 0 heterocycles. The zero-order chi connectivity index (χ0) is 21.4. The van der Waals surface area contributed by atoms with Crippen LogP contribution in [0.2, 0.25) is 0 Å². The summed E-state index contributed by atoms with van der Waals surface area (Å²) in [5.41, 5.74) is 0.467. The van der Waals surface area contributed by atoms with E-state index in [4.69, 9.17) is 0 Å². The van der Waals surface area contributed by atoms with Crippen molar-refractivity contribution in [3.05, 3.63) is 35.6 Å². The van der Waals surface area contributed by atoms with Crippen LogP contribution in [0.1, 0.15) is 45.6 Å². The van der Waals surface area contributed by atoms with E-state index in [1.165, 1.54) is 12.1 Å². The molecule has 2 saturated carbocycles. The van der Waals surface area contributed by atoms with Gasteiger partial charge in [-0.2, -0.15) is 0 Å². The highest BCUT2D eigenvalue weighted by Gasteiger charge is 2.65. The van der Waals surface area contributed by atoms with Gasteiger partial charge in [-0.1, -0.05) is 32.9 Å². The first-order valence-corrected chi connectivity index (χ1v) is 10.2. The van der Waals surface area contributed by atoms with Crippen molar-refractivity contribution in [3.8, 4) is 0 Å². The maximum atomic E-state index is 12.9. The lowest BCUT2D eigenvalue weighted by atomic mass is 9.70. The molecule has 0 spiro atoms.